The minimum Gasteiger partial charge on any atom is -0.384 e. The summed E-state index contributed by atoms with van der Waals surface area (Å²) < 4.78 is 7.42. The van der Waals surface area contributed by atoms with E-state index in [1.165, 1.54) is 16.8 Å². The Morgan fingerprint density at radius 1 is 1.43 bits per heavy atom. The fourth-order valence-corrected chi connectivity index (χ4v) is 3.01. The number of aromatic nitrogens is 3. The van der Waals surface area contributed by atoms with Crippen molar-refractivity contribution >= 4 is 0 Å². The molecular weight excluding hydrogens is 264 g/mol. The van der Waals surface area contributed by atoms with Gasteiger partial charge in [0, 0.05) is 63.4 Å². The van der Waals surface area contributed by atoms with Crippen molar-refractivity contribution in [1.29, 1.82) is 0 Å². The molecule has 112 valence electrons. The van der Waals surface area contributed by atoms with E-state index in [9.17, 15) is 0 Å². The molecule has 0 N–H and O–H groups in total. The fourth-order valence-electron chi connectivity index (χ4n) is 3.01. The van der Waals surface area contributed by atoms with Gasteiger partial charge in [0.1, 0.15) is 0 Å². The smallest absolute Gasteiger partial charge is 0.0736 e. The van der Waals surface area contributed by atoms with Gasteiger partial charge in [-0.05, 0) is 18.6 Å². The molecule has 0 unspecified atom stereocenters. The number of hydrogen-bond donors (Lipinski definition) is 0. The molecule has 0 saturated heterocycles. The number of nitrogens with zero attached hydrogens (tertiary/aromatic N) is 4. The first-order valence-corrected chi connectivity index (χ1v) is 7.46. The SMILES string of the molecule is CCn1cc2c(n1)[C@@H](COC)CN(Cc1cccnc1)C2. The zero-order valence-electron chi connectivity index (χ0n) is 12.7. The van der Waals surface area contributed by atoms with E-state index in [1.807, 2.05) is 23.1 Å². The Balaban J connectivity index is 1.79. The van der Waals surface area contributed by atoms with E-state index in [4.69, 9.17) is 9.84 Å². The van der Waals surface area contributed by atoms with Gasteiger partial charge < -0.3 is 4.74 Å². The monoisotopic (exact) mass is 286 g/mol. The quantitative estimate of drug-likeness (QED) is 0.843. The molecule has 0 fully saturated rings. The van der Waals surface area contributed by atoms with Crippen molar-refractivity contribution in [2.45, 2.75) is 32.5 Å². The van der Waals surface area contributed by atoms with Gasteiger partial charge in [-0.3, -0.25) is 14.6 Å². The first-order valence-electron chi connectivity index (χ1n) is 7.46. The predicted molar refractivity (Wildman–Crippen MR) is 80.9 cm³/mol. The van der Waals surface area contributed by atoms with Gasteiger partial charge in [0.25, 0.3) is 0 Å². The van der Waals surface area contributed by atoms with Crippen LogP contribution in [0, 0.1) is 0 Å². The summed E-state index contributed by atoms with van der Waals surface area (Å²) in [5, 5.41) is 4.71. The third kappa shape index (κ3) is 3.14. The summed E-state index contributed by atoms with van der Waals surface area (Å²) >= 11 is 0. The van der Waals surface area contributed by atoms with E-state index in [0.717, 1.165) is 32.8 Å². The third-order valence-corrected chi connectivity index (χ3v) is 3.95. The number of hydrogen-bond acceptors (Lipinski definition) is 4. The third-order valence-electron chi connectivity index (χ3n) is 3.95. The van der Waals surface area contributed by atoms with Gasteiger partial charge >= 0.3 is 0 Å². The lowest BCUT2D eigenvalue weighted by Gasteiger charge is -2.31. The number of aryl methyl sites for hydroxylation is 1. The lowest BCUT2D eigenvalue weighted by molar-refractivity contribution is 0.134. The Bertz CT molecular complexity index is 581. The Morgan fingerprint density at radius 3 is 3.05 bits per heavy atom. The zero-order chi connectivity index (χ0) is 14.7. The molecule has 0 aromatic carbocycles. The van der Waals surface area contributed by atoms with Crippen molar-refractivity contribution < 1.29 is 4.74 Å². The molecule has 5 heteroatoms. The normalized spacial score (nSPS) is 18.7. The molecule has 0 radical (unpaired) electrons. The van der Waals surface area contributed by atoms with Crippen LogP contribution < -0.4 is 0 Å². The standard InChI is InChI=1S/C16H22N4O/c1-3-20-11-14-9-19(8-13-5-4-6-17-7-13)10-15(12-21-2)16(14)18-20/h4-7,11,15H,3,8-10,12H2,1-2H3/t15-/m1/s1. The van der Waals surface area contributed by atoms with Crippen molar-refractivity contribution in [2.24, 2.45) is 0 Å². The molecule has 0 bridgehead atoms. The molecule has 0 saturated carbocycles. The summed E-state index contributed by atoms with van der Waals surface area (Å²) in [4.78, 5) is 6.65. The maximum absolute atomic E-state index is 5.39. The van der Waals surface area contributed by atoms with Crippen molar-refractivity contribution in [1.82, 2.24) is 19.7 Å². The van der Waals surface area contributed by atoms with Gasteiger partial charge in [-0.15, -0.1) is 0 Å². The maximum Gasteiger partial charge on any atom is 0.0736 e. The van der Waals surface area contributed by atoms with Gasteiger partial charge in [0.05, 0.1) is 12.3 Å². The molecule has 3 rings (SSSR count). The second-order valence-corrected chi connectivity index (χ2v) is 5.58. The Morgan fingerprint density at radius 2 is 2.33 bits per heavy atom. The number of pyridine rings is 1. The molecule has 3 heterocycles. The Hall–Kier alpha value is -1.72. The zero-order valence-corrected chi connectivity index (χ0v) is 12.7. The second kappa shape index (κ2) is 6.37. The molecule has 0 amide bonds. The van der Waals surface area contributed by atoms with E-state index < -0.39 is 0 Å². The Labute approximate surface area is 125 Å². The lowest BCUT2D eigenvalue weighted by Crippen LogP contribution is -2.34. The largest absolute Gasteiger partial charge is 0.384 e. The number of fused-ring (bicyclic) bond motifs is 1. The van der Waals surface area contributed by atoms with Crippen molar-refractivity contribution in [2.75, 3.05) is 20.3 Å². The van der Waals surface area contributed by atoms with Crippen LogP contribution >= 0.6 is 0 Å². The van der Waals surface area contributed by atoms with Crippen LogP contribution in [0.25, 0.3) is 0 Å². The highest BCUT2D eigenvalue weighted by molar-refractivity contribution is 5.25. The summed E-state index contributed by atoms with van der Waals surface area (Å²) in [7, 11) is 1.76. The van der Waals surface area contributed by atoms with Crippen LogP contribution in [0.3, 0.4) is 0 Å². The van der Waals surface area contributed by atoms with Crippen LogP contribution in [-0.2, 0) is 24.4 Å². The molecule has 1 aliphatic rings. The first kappa shape index (κ1) is 14.2. The molecule has 5 nitrogen and oxygen atoms in total. The summed E-state index contributed by atoms with van der Waals surface area (Å²) in [5.74, 6) is 0.350. The average Bonchev–Trinajstić information content (AvgIpc) is 2.92. The van der Waals surface area contributed by atoms with Crippen LogP contribution in [0.15, 0.2) is 30.7 Å². The van der Waals surface area contributed by atoms with E-state index >= 15 is 0 Å². The van der Waals surface area contributed by atoms with Gasteiger partial charge in [0.15, 0.2) is 0 Å². The minimum atomic E-state index is 0.350. The molecule has 0 aliphatic carbocycles. The number of rotatable bonds is 5. The van der Waals surface area contributed by atoms with Crippen molar-refractivity contribution in [3.05, 3.63) is 47.5 Å². The van der Waals surface area contributed by atoms with Crippen LogP contribution in [0.4, 0.5) is 0 Å². The predicted octanol–water partition coefficient (Wildman–Crippen LogP) is 2.04. The number of ether oxygens (including phenoxy) is 1. The molecular formula is C16H22N4O. The average molecular weight is 286 g/mol. The van der Waals surface area contributed by atoms with E-state index in [-0.39, 0.29) is 0 Å². The second-order valence-electron chi connectivity index (χ2n) is 5.58. The fraction of sp³-hybridized carbons (Fsp3) is 0.500. The summed E-state index contributed by atoms with van der Waals surface area (Å²) in [6, 6.07) is 4.12. The molecule has 1 aliphatic heterocycles. The van der Waals surface area contributed by atoms with Gasteiger partial charge in [-0.2, -0.15) is 5.10 Å². The van der Waals surface area contributed by atoms with E-state index in [2.05, 4.69) is 29.1 Å². The highest BCUT2D eigenvalue weighted by Crippen LogP contribution is 2.28. The van der Waals surface area contributed by atoms with Gasteiger partial charge in [-0.1, -0.05) is 6.07 Å². The molecule has 2 aromatic heterocycles. The molecule has 1 atom stereocenters. The van der Waals surface area contributed by atoms with Crippen LogP contribution in [0.1, 0.15) is 29.7 Å². The van der Waals surface area contributed by atoms with Crippen LogP contribution in [-0.4, -0.2) is 39.9 Å². The van der Waals surface area contributed by atoms with E-state index in [0.29, 0.717) is 5.92 Å². The first-order chi connectivity index (χ1) is 10.3. The highest BCUT2D eigenvalue weighted by atomic mass is 16.5. The van der Waals surface area contributed by atoms with Gasteiger partial charge in [0.2, 0.25) is 0 Å². The van der Waals surface area contributed by atoms with Crippen LogP contribution in [0.5, 0.6) is 0 Å². The lowest BCUT2D eigenvalue weighted by atomic mass is 9.97. The van der Waals surface area contributed by atoms with Crippen LogP contribution in [0.2, 0.25) is 0 Å². The van der Waals surface area contributed by atoms with Crippen molar-refractivity contribution in [3.8, 4) is 0 Å². The minimum absolute atomic E-state index is 0.350. The maximum atomic E-state index is 5.39. The summed E-state index contributed by atoms with van der Waals surface area (Å²) in [5.41, 5.74) is 3.79. The molecule has 21 heavy (non-hydrogen) atoms. The van der Waals surface area contributed by atoms with E-state index in [1.54, 1.807) is 7.11 Å². The summed E-state index contributed by atoms with van der Waals surface area (Å²) in [6.45, 7) is 6.61. The Kier molecular flexibility index (Phi) is 4.31. The summed E-state index contributed by atoms with van der Waals surface area (Å²) in [6.07, 6.45) is 5.93. The van der Waals surface area contributed by atoms with Crippen molar-refractivity contribution in [3.63, 3.8) is 0 Å². The van der Waals surface area contributed by atoms with Gasteiger partial charge in [-0.25, -0.2) is 0 Å². The number of methoxy groups -OCH3 is 1. The molecule has 2 aromatic rings. The molecule has 0 spiro atoms. The topological polar surface area (TPSA) is 43.2 Å². The highest BCUT2D eigenvalue weighted by Gasteiger charge is 2.28.